The molecule has 2 aliphatic heterocycles. The molecule has 0 unspecified atom stereocenters. The average molecular weight is 415 g/mol. The van der Waals surface area contributed by atoms with Crippen LogP contribution in [0.1, 0.15) is 43.0 Å². The van der Waals surface area contributed by atoms with Gasteiger partial charge in [-0.15, -0.1) is 0 Å². The Balaban J connectivity index is 1.37. The molecule has 2 heterocycles. The van der Waals surface area contributed by atoms with Crippen molar-refractivity contribution in [2.75, 3.05) is 26.2 Å². The first-order valence-corrected chi connectivity index (χ1v) is 11.6. The lowest BCUT2D eigenvalue weighted by Crippen LogP contribution is -2.50. The molecular weight excluding hydrogens is 384 g/mol. The van der Waals surface area contributed by atoms with Crippen molar-refractivity contribution in [2.45, 2.75) is 38.6 Å². The van der Waals surface area contributed by atoms with Crippen LogP contribution in [0.3, 0.4) is 0 Å². The molecule has 31 heavy (non-hydrogen) atoms. The van der Waals surface area contributed by atoms with Gasteiger partial charge in [-0.05, 0) is 66.8 Å². The van der Waals surface area contributed by atoms with Crippen LogP contribution in [-0.4, -0.2) is 53.7 Å². The van der Waals surface area contributed by atoms with Crippen molar-refractivity contribution in [1.82, 2.24) is 9.80 Å². The molecule has 160 valence electrons. The normalized spacial score (nSPS) is 20.9. The largest absolute Gasteiger partial charge is 0.338 e. The summed E-state index contributed by atoms with van der Waals surface area (Å²) in [5.41, 5.74) is 0.835. The van der Waals surface area contributed by atoms with E-state index in [0.29, 0.717) is 11.8 Å². The Morgan fingerprint density at radius 2 is 1.45 bits per heavy atom. The van der Waals surface area contributed by atoms with E-state index >= 15 is 0 Å². The number of carbonyl (C=O) groups excluding carboxylic acids is 2. The Kier molecular flexibility index (Phi) is 5.49. The SMILES string of the molecule is CC(=O)[C@@H]1CCCN(C2CCN(C(=O)c3c4ccccc4cc4ccccc34)CC2)C1. The van der Waals surface area contributed by atoms with Crippen LogP contribution < -0.4 is 0 Å². The molecule has 0 aliphatic carbocycles. The summed E-state index contributed by atoms with van der Waals surface area (Å²) in [7, 11) is 0. The average Bonchev–Trinajstić information content (AvgIpc) is 2.82. The summed E-state index contributed by atoms with van der Waals surface area (Å²) in [5.74, 6) is 0.655. The molecule has 1 atom stereocenters. The van der Waals surface area contributed by atoms with Crippen LogP contribution in [0.15, 0.2) is 54.6 Å². The molecule has 5 rings (SSSR count). The fourth-order valence-corrected chi connectivity index (χ4v) is 5.51. The molecule has 3 aromatic rings. The fraction of sp³-hybridized carbons (Fsp3) is 0.407. The van der Waals surface area contributed by atoms with Gasteiger partial charge in [-0.3, -0.25) is 14.5 Å². The smallest absolute Gasteiger partial charge is 0.255 e. The Morgan fingerprint density at radius 1 is 0.839 bits per heavy atom. The van der Waals surface area contributed by atoms with Gasteiger partial charge in [0, 0.05) is 31.6 Å². The van der Waals surface area contributed by atoms with Gasteiger partial charge in [0.25, 0.3) is 5.91 Å². The molecule has 3 aromatic carbocycles. The molecule has 0 aromatic heterocycles. The Bertz CT molecular complexity index is 1080. The lowest BCUT2D eigenvalue weighted by molar-refractivity contribution is -0.122. The van der Waals surface area contributed by atoms with Gasteiger partial charge in [0.1, 0.15) is 5.78 Å². The summed E-state index contributed by atoms with van der Waals surface area (Å²) >= 11 is 0. The third-order valence-corrected chi connectivity index (χ3v) is 7.28. The molecule has 0 N–H and O–H groups in total. The minimum atomic E-state index is 0.145. The van der Waals surface area contributed by atoms with Gasteiger partial charge in [0.2, 0.25) is 0 Å². The van der Waals surface area contributed by atoms with E-state index < -0.39 is 0 Å². The zero-order valence-corrected chi connectivity index (χ0v) is 18.2. The number of amides is 1. The van der Waals surface area contributed by atoms with Crippen LogP contribution in [-0.2, 0) is 4.79 Å². The number of benzene rings is 3. The van der Waals surface area contributed by atoms with Crippen molar-refractivity contribution in [2.24, 2.45) is 5.92 Å². The fourth-order valence-electron chi connectivity index (χ4n) is 5.51. The highest BCUT2D eigenvalue weighted by Gasteiger charge is 2.32. The molecule has 2 saturated heterocycles. The zero-order chi connectivity index (χ0) is 21.4. The van der Waals surface area contributed by atoms with Gasteiger partial charge < -0.3 is 4.90 Å². The van der Waals surface area contributed by atoms with Gasteiger partial charge >= 0.3 is 0 Å². The van der Waals surface area contributed by atoms with Gasteiger partial charge in [-0.25, -0.2) is 0 Å². The number of nitrogens with zero attached hydrogens (tertiary/aromatic N) is 2. The summed E-state index contributed by atoms with van der Waals surface area (Å²) in [4.78, 5) is 30.1. The van der Waals surface area contributed by atoms with Crippen LogP contribution in [0, 0.1) is 5.92 Å². The van der Waals surface area contributed by atoms with E-state index in [4.69, 9.17) is 0 Å². The molecule has 1 amide bonds. The van der Waals surface area contributed by atoms with E-state index in [1.54, 1.807) is 6.92 Å². The number of fused-ring (bicyclic) bond motifs is 2. The highest BCUT2D eigenvalue weighted by molar-refractivity contribution is 6.18. The monoisotopic (exact) mass is 414 g/mol. The summed E-state index contributed by atoms with van der Waals surface area (Å²) in [6.45, 7) is 5.26. The minimum absolute atomic E-state index is 0.145. The van der Waals surface area contributed by atoms with Gasteiger partial charge in [0.15, 0.2) is 0 Å². The predicted molar refractivity (Wildman–Crippen MR) is 125 cm³/mol. The molecular formula is C27H30N2O2. The van der Waals surface area contributed by atoms with E-state index in [-0.39, 0.29) is 11.8 Å². The van der Waals surface area contributed by atoms with Crippen molar-refractivity contribution < 1.29 is 9.59 Å². The number of hydrogen-bond donors (Lipinski definition) is 0. The topological polar surface area (TPSA) is 40.6 Å². The summed E-state index contributed by atoms with van der Waals surface area (Å²) in [6.07, 6.45) is 4.10. The number of carbonyl (C=O) groups is 2. The molecule has 4 heteroatoms. The van der Waals surface area contributed by atoms with Crippen LogP contribution in [0.5, 0.6) is 0 Å². The highest BCUT2D eigenvalue weighted by atomic mass is 16.2. The van der Waals surface area contributed by atoms with E-state index in [1.807, 2.05) is 29.2 Å². The number of ketones is 1. The lowest BCUT2D eigenvalue weighted by atomic mass is 9.91. The lowest BCUT2D eigenvalue weighted by Gasteiger charge is -2.42. The maximum absolute atomic E-state index is 13.7. The van der Waals surface area contributed by atoms with E-state index in [1.165, 1.54) is 0 Å². The molecule has 0 radical (unpaired) electrons. The molecule has 4 nitrogen and oxygen atoms in total. The van der Waals surface area contributed by atoms with Gasteiger partial charge in [0.05, 0.1) is 5.56 Å². The summed E-state index contributed by atoms with van der Waals surface area (Å²) in [5, 5.41) is 4.30. The van der Waals surface area contributed by atoms with E-state index in [2.05, 4.69) is 35.2 Å². The van der Waals surface area contributed by atoms with Crippen LogP contribution in [0.2, 0.25) is 0 Å². The number of likely N-dealkylation sites (tertiary alicyclic amines) is 2. The standard InChI is InChI=1S/C27H30N2O2/c1-19(30)22-9-6-14-29(18-22)23-12-15-28(16-13-23)27(31)26-24-10-4-2-7-20(24)17-21-8-3-5-11-25(21)26/h2-5,7-8,10-11,17,22-23H,6,9,12-16,18H2,1H3/t22-/m1/s1. The number of Topliss-reactive ketones (excluding diaryl/α,β-unsaturated/α-hetero) is 1. The summed E-state index contributed by atoms with van der Waals surface area (Å²) < 4.78 is 0. The number of hydrogen-bond acceptors (Lipinski definition) is 3. The predicted octanol–water partition coefficient (Wildman–Crippen LogP) is 4.90. The zero-order valence-electron chi connectivity index (χ0n) is 18.2. The quantitative estimate of drug-likeness (QED) is 0.573. The number of rotatable bonds is 3. The van der Waals surface area contributed by atoms with E-state index in [0.717, 1.165) is 79.0 Å². The van der Waals surface area contributed by atoms with Gasteiger partial charge in [-0.2, -0.15) is 0 Å². The van der Waals surface area contributed by atoms with Crippen molar-refractivity contribution >= 4 is 33.2 Å². The third-order valence-electron chi connectivity index (χ3n) is 7.28. The van der Waals surface area contributed by atoms with Crippen molar-refractivity contribution in [3.63, 3.8) is 0 Å². The highest BCUT2D eigenvalue weighted by Crippen LogP contribution is 2.31. The Morgan fingerprint density at radius 3 is 2.06 bits per heavy atom. The molecule has 2 aliphatic rings. The first kappa shape index (κ1) is 20.2. The minimum Gasteiger partial charge on any atom is -0.338 e. The van der Waals surface area contributed by atoms with E-state index in [9.17, 15) is 9.59 Å². The van der Waals surface area contributed by atoms with Crippen molar-refractivity contribution in [3.05, 3.63) is 60.2 Å². The first-order valence-electron chi connectivity index (χ1n) is 11.6. The second kappa shape index (κ2) is 8.43. The summed E-state index contributed by atoms with van der Waals surface area (Å²) in [6, 6.07) is 19.1. The molecule has 2 fully saturated rings. The maximum atomic E-state index is 13.7. The third kappa shape index (κ3) is 3.85. The Labute approximate surface area is 183 Å². The molecule has 0 spiro atoms. The number of piperidine rings is 2. The second-order valence-corrected chi connectivity index (χ2v) is 9.16. The Hall–Kier alpha value is -2.72. The van der Waals surface area contributed by atoms with Gasteiger partial charge in [-0.1, -0.05) is 48.5 Å². The van der Waals surface area contributed by atoms with Crippen LogP contribution in [0.4, 0.5) is 0 Å². The van der Waals surface area contributed by atoms with Crippen molar-refractivity contribution in [3.8, 4) is 0 Å². The van der Waals surface area contributed by atoms with Crippen LogP contribution in [0.25, 0.3) is 21.5 Å². The first-order chi connectivity index (χ1) is 15.1. The second-order valence-electron chi connectivity index (χ2n) is 9.16. The van der Waals surface area contributed by atoms with Crippen molar-refractivity contribution in [1.29, 1.82) is 0 Å². The maximum Gasteiger partial charge on any atom is 0.255 e. The molecule has 0 saturated carbocycles. The molecule has 0 bridgehead atoms. The van der Waals surface area contributed by atoms with Crippen LogP contribution >= 0.6 is 0 Å².